The lowest BCUT2D eigenvalue weighted by atomic mass is 9.92. The van der Waals surface area contributed by atoms with E-state index in [4.69, 9.17) is 0 Å². The van der Waals surface area contributed by atoms with E-state index >= 15 is 0 Å². The third-order valence-electron chi connectivity index (χ3n) is 5.21. The third kappa shape index (κ3) is 2.70. The zero-order chi connectivity index (χ0) is 15.2. The van der Waals surface area contributed by atoms with E-state index in [0.717, 1.165) is 29.5 Å². The summed E-state index contributed by atoms with van der Waals surface area (Å²) >= 11 is 0. The molecule has 3 rings (SSSR count). The zero-order valence-corrected chi connectivity index (χ0v) is 12.5. The summed E-state index contributed by atoms with van der Waals surface area (Å²) in [7, 11) is 0. The summed E-state index contributed by atoms with van der Waals surface area (Å²) in [5.41, 5.74) is 1.25. The van der Waals surface area contributed by atoms with Crippen LogP contribution in [0, 0.1) is 24.7 Å². The highest BCUT2D eigenvalue weighted by Crippen LogP contribution is 2.62. The van der Waals surface area contributed by atoms with Crippen LogP contribution in [-0.2, 0) is 6.18 Å². The Labute approximate surface area is 123 Å². The van der Waals surface area contributed by atoms with E-state index in [2.05, 4.69) is 12.2 Å². The lowest BCUT2D eigenvalue weighted by Crippen LogP contribution is -2.25. The van der Waals surface area contributed by atoms with Gasteiger partial charge in [-0.25, -0.2) is 0 Å². The maximum atomic E-state index is 12.8. The fraction of sp³-hybridized carbons (Fsp3) is 0.647. The van der Waals surface area contributed by atoms with E-state index in [0.29, 0.717) is 5.92 Å². The van der Waals surface area contributed by atoms with Gasteiger partial charge in [0.1, 0.15) is 0 Å². The Balaban J connectivity index is 1.86. The molecule has 1 N–H and O–H groups in total. The minimum absolute atomic E-state index is 0.215. The number of rotatable bonds is 4. The lowest BCUT2D eigenvalue weighted by molar-refractivity contribution is -0.137. The van der Waals surface area contributed by atoms with Crippen LogP contribution in [0.5, 0.6) is 0 Å². The smallest absolute Gasteiger partial charge is 0.310 e. The predicted octanol–water partition coefficient (Wildman–Crippen LogP) is 4.71. The number of alkyl halides is 3. The molecule has 2 aliphatic carbocycles. The standard InChI is InChI=1S/C17H22F3N/c1-3-21-16(15-13-5-4-6-14(13)15)12-8-7-11(9-10(12)2)17(18,19)20/h7-9,13-16,21H,3-6H2,1-2H3. The number of hydrogen-bond acceptors (Lipinski definition) is 1. The molecule has 0 heterocycles. The van der Waals surface area contributed by atoms with Crippen molar-refractivity contribution in [3.8, 4) is 0 Å². The van der Waals surface area contributed by atoms with Gasteiger partial charge in [0.15, 0.2) is 0 Å². The van der Waals surface area contributed by atoms with Crippen LogP contribution < -0.4 is 5.32 Å². The van der Waals surface area contributed by atoms with Gasteiger partial charge in [-0.15, -0.1) is 0 Å². The average Bonchev–Trinajstić information content (AvgIpc) is 2.87. The van der Waals surface area contributed by atoms with Crippen molar-refractivity contribution in [2.45, 2.75) is 45.3 Å². The Morgan fingerprint density at radius 1 is 1.24 bits per heavy atom. The van der Waals surface area contributed by atoms with Gasteiger partial charge >= 0.3 is 6.18 Å². The highest BCUT2D eigenvalue weighted by atomic mass is 19.4. The van der Waals surface area contributed by atoms with E-state index in [-0.39, 0.29) is 6.04 Å². The molecule has 0 aromatic heterocycles. The number of aryl methyl sites for hydroxylation is 1. The first-order valence-electron chi connectivity index (χ1n) is 7.84. The van der Waals surface area contributed by atoms with E-state index < -0.39 is 11.7 Å². The summed E-state index contributed by atoms with van der Waals surface area (Å²) in [4.78, 5) is 0. The van der Waals surface area contributed by atoms with Gasteiger partial charge in [-0.3, -0.25) is 0 Å². The zero-order valence-electron chi connectivity index (χ0n) is 12.5. The highest BCUT2D eigenvalue weighted by molar-refractivity contribution is 5.36. The highest BCUT2D eigenvalue weighted by Gasteiger charge is 2.56. The summed E-state index contributed by atoms with van der Waals surface area (Å²) in [6.07, 6.45) is -0.364. The van der Waals surface area contributed by atoms with E-state index in [1.807, 2.05) is 0 Å². The van der Waals surface area contributed by atoms with Crippen LogP contribution in [0.1, 0.15) is 48.9 Å². The third-order valence-corrected chi connectivity index (χ3v) is 5.21. The second-order valence-electron chi connectivity index (χ2n) is 6.44. The summed E-state index contributed by atoms with van der Waals surface area (Å²) < 4.78 is 38.4. The Hall–Kier alpha value is -1.03. The molecule has 4 heteroatoms. The molecule has 1 nitrogen and oxygen atoms in total. The maximum absolute atomic E-state index is 12.8. The SMILES string of the molecule is CCNC(c1ccc(C(F)(F)F)cc1C)C1C2CCCC21. The summed E-state index contributed by atoms with van der Waals surface area (Å²) in [6.45, 7) is 4.71. The fourth-order valence-corrected chi connectivity index (χ4v) is 4.25. The summed E-state index contributed by atoms with van der Waals surface area (Å²) in [6, 6.07) is 4.41. The summed E-state index contributed by atoms with van der Waals surface area (Å²) in [5.74, 6) is 2.20. The van der Waals surface area contributed by atoms with Gasteiger partial charge in [-0.1, -0.05) is 19.4 Å². The molecule has 1 aromatic carbocycles. The molecule has 0 amide bonds. The van der Waals surface area contributed by atoms with E-state index in [1.165, 1.54) is 31.4 Å². The van der Waals surface area contributed by atoms with Crippen LogP contribution in [0.25, 0.3) is 0 Å². The van der Waals surface area contributed by atoms with E-state index in [9.17, 15) is 13.2 Å². The van der Waals surface area contributed by atoms with Crippen LogP contribution in [-0.4, -0.2) is 6.54 Å². The van der Waals surface area contributed by atoms with Crippen molar-refractivity contribution < 1.29 is 13.2 Å². The van der Waals surface area contributed by atoms with Gasteiger partial charge in [0.2, 0.25) is 0 Å². The predicted molar refractivity (Wildman–Crippen MR) is 76.9 cm³/mol. The Bertz CT molecular complexity index is 513. The molecule has 0 spiro atoms. The van der Waals surface area contributed by atoms with E-state index in [1.54, 1.807) is 13.0 Å². The quantitative estimate of drug-likeness (QED) is 0.848. The van der Waals surface area contributed by atoms with Gasteiger partial charge in [0, 0.05) is 6.04 Å². The molecule has 0 bridgehead atoms. The molecular weight excluding hydrogens is 275 g/mol. The molecule has 116 valence electrons. The summed E-state index contributed by atoms with van der Waals surface area (Å²) in [5, 5.41) is 3.51. The first kappa shape index (κ1) is 14.9. The van der Waals surface area contributed by atoms with Crippen LogP contribution in [0.15, 0.2) is 18.2 Å². The second-order valence-corrected chi connectivity index (χ2v) is 6.44. The van der Waals surface area contributed by atoms with Crippen molar-refractivity contribution in [2.75, 3.05) is 6.54 Å². The van der Waals surface area contributed by atoms with Crippen molar-refractivity contribution in [2.24, 2.45) is 17.8 Å². The number of halogens is 3. The number of hydrogen-bond donors (Lipinski definition) is 1. The molecule has 1 aromatic rings. The molecule has 0 radical (unpaired) electrons. The van der Waals surface area contributed by atoms with Gasteiger partial charge in [-0.05, 0) is 67.3 Å². The average molecular weight is 297 g/mol. The molecule has 2 aliphatic rings. The van der Waals surface area contributed by atoms with Crippen LogP contribution >= 0.6 is 0 Å². The van der Waals surface area contributed by atoms with Crippen molar-refractivity contribution in [3.63, 3.8) is 0 Å². The largest absolute Gasteiger partial charge is 0.416 e. The molecule has 0 saturated heterocycles. The van der Waals surface area contributed by atoms with Crippen molar-refractivity contribution >= 4 is 0 Å². The lowest BCUT2D eigenvalue weighted by Gasteiger charge is -2.23. The van der Waals surface area contributed by atoms with Crippen molar-refractivity contribution in [1.82, 2.24) is 5.32 Å². The molecule has 0 aliphatic heterocycles. The topological polar surface area (TPSA) is 12.0 Å². The normalized spacial score (nSPS) is 29.3. The molecule has 3 unspecified atom stereocenters. The van der Waals surface area contributed by atoms with Gasteiger partial charge in [0.05, 0.1) is 5.56 Å². The molecular formula is C17H22F3N. The number of benzene rings is 1. The van der Waals surface area contributed by atoms with Gasteiger partial charge < -0.3 is 5.32 Å². The molecule has 2 fully saturated rings. The second kappa shape index (κ2) is 5.31. The van der Waals surface area contributed by atoms with Crippen LogP contribution in [0.3, 0.4) is 0 Å². The first-order valence-corrected chi connectivity index (χ1v) is 7.84. The van der Waals surface area contributed by atoms with Crippen molar-refractivity contribution in [3.05, 3.63) is 34.9 Å². The van der Waals surface area contributed by atoms with Crippen LogP contribution in [0.4, 0.5) is 13.2 Å². The van der Waals surface area contributed by atoms with Gasteiger partial charge in [-0.2, -0.15) is 13.2 Å². The molecule has 21 heavy (non-hydrogen) atoms. The van der Waals surface area contributed by atoms with Crippen molar-refractivity contribution in [1.29, 1.82) is 0 Å². The number of nitrogens with one attached hydrogen (secondary N) is 1. The Morgan fingerprint density at radius 2 is 1.90 bits per heavy atom. The molecule has 3 atom stereocenters. The first-order chi connectivity index (χ1) is 9.93. The molecule has 2 saturated carbocycles. The Kier molecular flexibility index (Phi) is 3.76. The number of fused-ring (bicyclic) bond motifs is 1. The minimum atomic E-state index is -4.26. The minimum Gasteiger partial charge on any atom is -0.310 e. The Morgan fingerprint density at radius 3 is 2.43 bits per heavy atom. The maximum Gasteiger partial charge on any atom is 0.416 e. The van der Waals surface area contributed by atoms with Crippen LogP contribution in [0.2, 0.25) is 0 Å². The fourth-order valence-electron chi connectivity index (χ4n) is 4.25. The van der Waals surface area contributed by atoms with Gasteiger partial charge in [0.25, 0.3) is 0 Å². The monoisotopic (exact) mass is 297 g/mol.